The van der Waals surface area contributed by atoms with Crippen LogP contribution < -0.4 is 5.32 Å². The van der Waals surface area contributed by atoms with E-state index < -0.39 is 0 Å². The Bertz CT molecular complexity index is 664. The molecule has 3 rings (SSSR count). The van der Waals surface area contributed by atoms with Crippen molar-refractivity contribution in [3.63, 3.8) is 0 Å². The van der Waals surface area contributed by atoms with Crippen LogP contribution in [0.3, 0.4) is 0 Å². The summed E-state index contributed by atoms with van der Waals surface area (Å²) in [5, 5.41) is 3.26. The van der Waals surface area contributed by atoms with E-state index in [-0.39, 0.29) is 11.6 Å². The molecule has 0 aromatic heterocycles. The van der Waals surface area contributed by atoms with Gasteiger partial charge in [0.25, 0.3) is 0 Å². The zero-order chi connectivity index (χ0) is 13.4. The smallest absolute Gasteiger partial charge is 0.193 e. The highest BCUT2D eigenvalue weighted by Gasteiger charge is 2.16. The van der Waals surface area contributed by atoms with Crippen molar-refractivity contribution in [3.05, 3.63) is 64.5 Å². The fourth-order valence-electron chi connectivity index (χ4n) is 2.48. The van der Waals surface area contributed by atoms with Crippen molar-refractivity contribution in [1.82, 2.24) is 0 Å². The zero-order valence-electron chi connectivity index (χ0n) is 10.7. The van der Waals surface area contributed by atoms with Crippen LogP contribution in [0.1, 0.15) is 27.0 Å². The maximum Gasteiger partial charge on any atom is 0.193 e. The van der Waals surface area contributed by atoms with Gasteiger partial charge >= 0.3 is 0 Å². The van der Waals surface area contributed by atoms with Crippen LogP contribution in [-0.2, 0) is 6.42 Å². The number of anilines is 1. The summed E-state index contributed by atoms with van der Waals surface area (Å²) >= 11 is 0. The molecule has 0 fully saturated rings. The maximum atomic E-state index is 13.1. The standard InChI is InChI=1S/C16H14FNO/c1-10-8-13(17)3-4-14(10)16(19)12-2-5-15-11(9-12)6-7-18-15/h2-5,8-9,18H,6-7H2,1H3. The Kier molecular flexibility index (Phi) is 2.82. The van der Waals surface area contributed by atoms with Crippen molar-refractivity contribution in [2.75, 3.05) is 11.9 Å². The van der Waals surface area contributed by atoms with Crippen LogP contribution in [0.4, 0.5) is 10.1 Å². The molecule has 0 saturated carbocycles. The van der Waals surface area contributed by atoms with Crippen molar-refractivity contribution >= 4 is 11.5 Å². The molecule has 0 unspecified atom stereocenters. The first-order valence-electron chi connectivity index (χ1n) is 6.33. The van der Waals surface area contributed by atoms with E-state index in [1.807, 2.05) is 18.2 Å². The Labute approximate surface area is 111 Å². The van der Waals surface area contributed by atoms with E-state index in [0.29, 0.717) is 16.7 Å². The Morgan fingerprint density at radius 2 is 2.05 bits per heavy atom. The fraction of sp³-hybridized carbons (Fsp3) is 0.188. The third kappa shape index (κ3) is 2.12. The first-order valence-corrected chi connectivity index (χ1v) is 6.33. The molecule has 0 atom stereocenters. The van der Waals surface area contributed by atoms with Gasteiger partial charge in [-0.2, -0.15) is 0 Å². The van der Waals surface area contributed by atoms with E-state index in [9.17, 15) is 9.18 Å². The number of ketones is 1. The molecule has 1 N–H and O–H groups in total. The maximum absolute atomic E-state index is 13.1. The second-order valence-corrected chi connectivity index (χ2v) is 4.84. The summed E-state index contributed by atoms with van der Waals surface area (Å²) in [4.78, 5) is 12.4. The normalized spacial score (nSPS) is 12.9. The molecular weight excluding hydrogens is 241 g/mol. The molecule has 3 heteroatoms. The molecule has 0 saturated heterocycles. The third-order valence-electron chi connectivity index (χ3n) is 3.51. The number of carbonyl (C=O) groups is 1. The van der Waals surface area contributed by atoms with Gasteiger partial charge in [0.15, 0.2) is 5.78 Å². The van der Waals surface area contributed by atoms with Gasteiger partial charge in [0.2, 0.25) is 0 Å². The van der Waals surface area contributed by atoms with Gasteiger partial charge in [0.1, 0.15) is 5.82 Å². The Hall–Kier alpha value is -2.16. The zero-order valence-corrected chi connectivity index (χ0v) is 10.7. The van der Waals surface area contributed by atoms with E-state index in [1.165, 1.54) is 17.7 Å². The van der Waals surface area contributed by atoms with Gasteiger partial charge in [-0.25, -0.2) is 4.39 Å². The molecule has 19 heavy (non-hydrogen) atoms. The Morgan fingerprint density at radius 1 is 1.21 bits per heavy atom. The predicted molar refractivity (Wildman–Crippen MR) is 73.2 cm³/mol. The number of hydrogen-bond acceptors (Lipinski definition) is 2. The largest absolute Gasteiger partial charge is 0.384 e. The van der Waals surface area contributed by atoms with Crippen molar-refractivity contribution in [1.29, 1.82) is 0 Å². The topological polar surface area (TPSA) is 29.1 Å². The molecule has 0 amide bonds. The number of halogens is 1. The molecule has 1 aliphatic rings. The highest BCUT2D eigenvalue weighted by Crippen LogP contribution is 2.25. The van der Waals surface area contributed by atoms with Crippen molar-refractivity contribution in [2.45, 2.75) is 13.3 Å². The molecule has 1 heterocycles. The van der Waals surface area contributed by atoms with Gasteiger partial charge in [0.05, 0.1) is 0 Å². The first-order chi connectivity index (χ1) is 9.15. The van der Waals surface area contributed by atoms with Crippen LogP contribution in [0, 0.1) is 12.7 Å². The Morgan fingerprint density at radius 3 is 2.84 bits per heavy atom. The van der Waals surface area contributed by atoms with Crippen LogP contribution in [0.15, 0.2) is 36.4 Å². The molecule has 2 nitrogen and oxygen atoms in total. The van der Waals surface area contributed by atoms with Gasteiger partial charge < -0.3 is 5.32 Å². The minimum Gasteiger partial charge on any atom is -0.384 e. The van der Waals surface area contributed by atoms with Gasteiger partial charge in [-0.05, 0) is 60.9 Å². The van der Waals surface area contributed by atoms with Crippen molar-refractivity contribution in [2.24, 2.45) is 0 Å². The molecule has 0 spiro atoms. The number of carbonyl (C=O) groups excluding carboxylic acids is 1. The summed E-state index contributed by atoms with van der Waals surface area (Å²) in [5.41, 5.74) is 4.17. The number of hydrogen-bond donors (Lipinski definition) is 1. The van der Waals surface area contributed by atoms with Crippen LogP contribution in [0.25, 0.3) is 0 Å². The number of aryl methyl sites for hydroxylation is 1. The average Bonchev–Trinajstić information content (AvgIpc) is 2.85. The van der Waals surface area contributed by atoms with E-state index in [4.69, 9.17) is 0 Å². The first kappa shape index (κ1) is 11.9. The molecule has 1 aliphatic heterocycles. The van der Waals surface area contributed by atoms with E-state index in [1.54, 1.807) is 13.0 Å². The quantitative estimate of drug-likeness (QED) is 0.834. The van der Waals surface area contributed by atoms with E-state index in [0.717, 1.165) is 18.7 Å². The lowest BCUT2D eigenvalue weighted by Crippen LogP contribution is -2.04. The molecule has 96 valence electrons. The second kappa shape index (κ2) is 4.50. The highest BCUT2D eigenvalue weighted by atomic mass is 19.1. The fourth-order valence-corrected chi connectivity index (χ4v) is 2.48. The lowest BCUT2D eigenvalue weighted by Gasteiger charge is -2.07. The lowest BCUT2D eigenvalue weighted by atomic mass is 9.97. The molecular formula is C16H14FNO. The average molecular weight is 255 g/mol. The van der Waals surface area contributed by atoms with Crippen molar-refractivity contribution in [3.8, 4) is 0 Å². The van der Waals surface area contributed by atoms with Crippen LogP contribution >= 0.6 is 0 Å². The minimum atomic E-state index is -0.313. The summed E-state index contributed by atoms with van der Waals surface area (Å²) in [7, 11) is 0. The van der Waals surface area contributed by atoms with Crippen LogP contribution in [0.5, 0.6) is 0 Å². The summed E-state index contributed by atoms with van der Waals surface area (Å²) in [6, 6.07) is 9.97. The summed E-state index contributed by atoms with van der Waals surface area (Å²) in [6.45, 7) is 2.67. The van der Waals surface area contributed by atoms with Gasteiger partial charge in [-0.3, -0.25) is 4.79 Å². The minimum absolute atomic E-state index is 0.0489. The van der Waals surface area contributed by atoms with Crippen LogP contribution in [-0.4, -0.2) is 12.3 Å². The van der Waals surface area contributed by atoms with Crippen LogP contribution in [0.2, 0.25) is 0 Å². The number of fused-ring (bicyclic) bond motifs is 1. The summed E-state index contributed by atoms with van der Waals surface area (Å²) in [5.74, 6) is -0.362. The number of rotatable bonds is 2. The Balaban J connectivity index is 2.00. The molecule has 2 aromatic carbocycles. The highest BCUT2D eigenvalue weighted by molar-refractivity contribution is 6.10. The van der Waals surface area contributed by atoms with E-state index in [2.05, 4.69) is 5.32 Å². The van der Waals surface area contributed by atoms with Gasteiger partial charge in [0, 0.05) is 23.4 Å². The molecule has 0 bridgehead atoms. The predicted octanol–water partition coefficient (Wildman–Crippen LogP) is 3.33. The van der Waals surface area contributed by atoms with Crippen molar-refractivity contribution < 1.29 is 9.18 Å². The number of nitrogens with one attached hydrogen (secondary N) is 1. The molecule has 2 aromatic rings. The second-order valence-electron chi connectivity index (χ2n) is 4.84. The summed E-state index contributed by atoms with van der Waals surface area (Å²) < 4.78 is 13.1. The van der Waals surface area contributed by atoms with Gasteiger partial charge in [-0.15, -0.1) is 0 Å². The van der Waals surface area contributed by atoms with E-state index >= 15 is 0 Å². The summed E-state index contributed by atoms with van der Waals surface area (Å²) in [6.07, 6.45) is 0.943. The molecule has 0 radical (unpaired) electrons. The van der Waals surface area contributed by atoms with Gasteiger partial charge in [-0.1, -0.05) is 0 Å². The third-order valence-corrected chi connectivity index (χ3v) is 3.51. The lowest BCUT2D eigenvalue weighted by molar-refractivity contribution is 0.103. The SMILES string of the molecule is Cc1cc(F)ccc1C(=O)c1ccc2c(c1)CCN2. The monoisotopic (exact) mass is 255 g/mol. The number of benzene rings is 2. The molecule has 0 aliphatic carbocycles.